The molecular formula is C12H12Br2N2O2S2. The summed E-state index contributed by atoms with van der Waals surface area (Å²) >= 11 is 8.15. The molecular weight excluding hydrogens is 428 g/mol. The predicted molar refractivity (Wildman–Crippen MR) is 88.1 cm³/mol. The van der Waals surface area contributed by atoms with Crippen LogP contribution < -0.4 is 10.5 Å². The highest BCUT2D eigenvalue weighted by atomic mass is 79.9. The SMILES string of the molecule is NCc1ccc(S(=O)(=O)NCc2sccc2Br)c(Br)c1. The maximum Gasteiger partial charge on any atom is 0.242 e. The van der Waals surface area contributed by atoms with E-state index in [1.54, 1.807) is 18.2 Å². The van der Waals surface area contributed by atoms with Crippen molar-refractivity contribution in [3.8, 4) is 0 Å². The highest BCUT2D eigenvalue weighted by molar-refractivity contribution is 9.10. The molecule has 0 bridgehead atoms. The topological polar surface area (TPSA) is 72.2 Å². The highest BCUT2D eigenvalue weighted by Crippen LogP contribution is 2.25. The number of thiophene rings is 1. The quantitative estimate of drug-likeness (QED) is 0.751. The fourth-order valence-corrected chi connectivity index (χ4v) is 5.22. The number of hydrogen-bond acceptors (Lipinski definition) is 4. The zero-order valence-electron chi connectivity index (χ0n) is 10.3. The normalized spacial score (nSPS) is 11.8. The van der Waals surface area contributed by atoms with Crippen LogP contribution in [0, 0.1) is 0 Å². The first-order valence-corrected chi connectivity index (χ1v) is 9.59. The number of halogens is 2. The summed E-state index contributed by atoms with van der Waals surface area (Å²) in [5.74, 6) is 0. The second kappa shape index (κ2) is 6.67. The third-order valence-corrected chi connectivity index (χ3v) is 6.94. The van der Waals surface area contributed by atoms with E-state index in [0.717, 1.165) is 14.9 Å². The molecule has 3 N–H and O–H groups in total. The van der Waals surface area contributed by atoms with Gasteiger partial charge in [-0.05, 0) is 61.0 Å². The van der Waals surface area contributed by atoms with Crippen molar-refractivity contribution < 1.29 is 8.42 Å². The van der Waals surface area contributed by atoms with Gasteiger partial charge in [0, 0.05) is 26.9 Å². The van der Waals surface area contributed by atoms with Gasteiger partial charge in [-0.15, -0.1) is 11.3 Å². The van der Waals surface area contributed by atoms with E-state index in [2.05, 4.69) is 36.6 Å². The van der Waals surface area contributed by atoms with Crippen molar-refractivity contribution in [3.63, 3.8) is 0 Å². The molecule has 0 aliphatic rings. The lowest BCUT2D eigenvalue weighted by molar-refractivity contribution is 0.581. The van der Waals surface area contributed by atoms with E-state index in [1.807, 2.05) is 11.4 Å². The fourth-order valence-electron chi connectivity index (χ4n) is 1.58. The van der Waals surface area contributed by atoms with E-state index in [1.165, 1.54) is 11.3 Å². The second-order valence-electron chi connectivity index (χ2n) is 3.99. The third kappa shape index (κ3) is 3.69. The first kappa shape index (κ1) is 16.1. The molecule has 2 aromatic rings. The average molecular weight is 440 g/mol. The van der Waals surface area contributed by atoms with Crippen LogP contribution in [0.25, 0.3) is 0 Å². The minimum Gasteiger partial charge on any atom is -0.326 e. The van der Waals surface area contributed by atoms with Gasteiger partial charge in [-0.2, -0.15) is 0 Å². The van der Waals surface area contributed by atoms with Crippen molar-refractivity contribution in [2.75, 3.05) is 0 Å². The van der Waals surface area contributed by atoms with Crippen molar-refractivity contribution in [3.05, 3.63) is 49.0 Å². The van der Waals surface area contributed by atoms with Crippen LogP contribution >= 0.6 is 43.2 Å². The minimum absolute atomic E-state index is 0.211. The van der Waals surface area contributed by atoms with Crippen LogP contribution in [-0.4, -0.2) is 8.42 Å². The first-order valence-electron chi connectivity index (χ1n) is 5.64. The molecule has 20 heavy (non-hydrogen) atoms. The Morgan fingerprint density at radius 1 is 1.20 bits per heavy atom. The molecule has 0 saturated carbocycles. The summed E-state index contributed by atoms with van der Waals surface area (Å²) in [6, 6.07) is 6.87. The van der Waals surface area contributed by atoms with E-state index in [-0.39, 0.29) is 11.4 Å². The number of sulfonamides is 1. The molecule has 0 unspecified atom stereocenters. The molecule has 1 aromatic heterocycles. The number of nitrogens with two attached hydrogens (primary N) is 1. The number of benzene rings is 1. The van der Waals surface area contributed by atoms with Crippen LogP contribution in [0.4, 0.5) is 0 Å². The van der Waals surface area contributed by atoms with Crippen LogP contribution in [0.15, 0.2) is 43.5 Å². The van der Waals surface area contributed by atoms with E-state index in [4.69, 9.17) is 5.73 Å². The summed E-state index contributed by atoms with van der Waals surface area (Å²) in [6.07, 6.45) is 0. The van der Waals surface area contributed by atoms with Gasteiger partial charge in [-0.25, -0.2) is 13.1 Å². The second-order valence-corrected chi connectivity index (χ2v) is 8.43. The van der Waals surface area contributed by atoms with Gasteiger partial charge in [0.15, 0.2) is 0 Å². The molecule has 8 heteroatoms. The van der Waals surface area contributed by atoms with Gasteiger partial charge in [-0.1, -0.05) is 6.07 Å². The molecule has 0 fully saturated rings. The van der Waals surface area contributed by atoms with E-state index in [9.17, 15) is 8.42 Å². The third-order valence-electron chi connectivity index (χ3n) is 2.64. The van der Waals surface area contributed by atoms with Crippen LogP contribution in [0.5, 0.6) is 0 Å². The highest BCUT2D eigenvalue weighted by Gasteiger charge is 2.18. The molecule has 0 aliphatic heterocycles. The molecule has 1 heterocycles. The lowest BCUT2D eigenvalue weighted by Gasteiger charge is -2.09. The average Bonchev–Trinajstić information content (AvgIpc) is 2.81. The van der Waals surface area contributed by atoms with Gasteiger partial charge >= 0.3 is 0 Å². The molecule has 0 atom stereocenters. The Bertz CT molecular complexity index is 714. The van der Waals surface area contributed by atoms with Crippen molar-refractivity contribution >= 4 is 53.2 Å². The summed E-state index contributed by atoms with van der Waals surface area (Å²) in [5.41, 5.74) is 6.40. The summed E-state index contributed by atoms with van der Waals surface area (Å²) in [7, 11) is -3.56. The minimum atomic E-state index is -3.56. The molecule has 108 valence electrons. The van der Waals surface area contributed by atoms with Crippen LogP contribution in [-0.2, 0) is 23.1 Å². The first-order chi connectivity index (χ1) is 9.44. The van der Waals surface area contributed by atoms with Crippen LogP contribution in [0.3, 0.4) is 0 Å². The lowest BCUT2D eigenvalue weighted by atomic mass is 10.2. The Morgan fingerprint density at radius 2 is 1.95 bits per heavy atom. The number of hydrogen-bond donors (Lipinski definition) is 2. The van der Waals surface area contributed by atoms with Gasteiger partial charge in [-0.3, -0.25) is 0 Å². The predicted octanol–water partition coefficient (Wildman–Crippen LogP) is 3.21. The molecule has 0 radical (unpaired) electrons. The summed E-state index contributed by atoms with van der Waals surface area (Å²) in [6.45, 7) is 0.625. The Balaban J connectivity index is 2.20. The largest absolute Gasteiger partial charge is 0.326 e. The number of nitrogens with one attached hydrogen (secondary N) is 1. The molecule has 0 spiro atoms. The van der Waals surface area contributed by atoms with Crippen molar-refractivity contribution in [1.82, 2.24) is 4.72 Å². The van der Waals surface area contributed by atoms with Crippen molar-refractivity contribution in [1.29, 1.82) is 0 Å². The van der Waals surface area contributed by atoms with Crippen molar-refractivity contribution in [2.45, 2.75) is 18.0 Å². The zero-order valence-corrected chi connectivity index (χ0v) is 15.1. The fraction of sp³-hybridized carbons (Fsp3) is 0.167. The summed E-state index contributed by atoms with van der Waals surface area (Å²) < 4.78 is 28.6. The lowest BCUT2D eigenvalue weighted by Crippen LogP contribution is -2.23. The molecule has 0 saturated heterocycles. The summed E-state index contributed by atoms with van der Waals surface area (Å²) in [5, 5.41) is 1.90. The van der Waals surface area contributed by atoms with Gasteiger partial charge < -0.3 is 5.73 Å². The molecule has 1 aromatic carbocycles. The van der Waals surface area contributed by atoms with E-state index in [0.29, 0.717) is 11.0 Å². The van der Waals surface area contributed by atoms with Gasteiger partial charge in [0.25, 0.3) is 0 Å². The molecule has 2 rings (SSSR count). The molecule has 4 nitrogen and oxygen atoms in total. The Morgan fingerprint density at radius 3 is 2.50 bits per heavy atom. The van der Waals surface area contributed by atoms with Gasteiger partial charge in [0.1, 0.15) is 0 Å². The maximum atomic E-state index is 12.3. The van der Waals surface area contributed by atoms with Gasteiger partial charge in [0.2, 0.25) is 10.0 Å². The van der Waals surface area contributed by atoms with Crippen molar-refractivity contribution in [2.24, 2.45) is 5.73 Å². The van der Waals surface area contributed by atoms with E-state index >= 15 is 0 Å². The zero-order chi connectivity index (χ0) is 14.8. The maximum absolute atomic E-state index is 12.3. The van der Waals surface area contributed by atoms with Gasteiger partial charge in [0.05, 0.1) is 4.90 Å². The Kier molecular flexibility index (Phi) is 5.38. The van der Waals surface area contributed by atoms with Crippen LogP contribution in [0.2, 0.25) is 0 Å². The van der Waals surface area contributed by atoms with E-state index < -0.39 is 10.0 Å². The Hall–Kier alpha value is -0.250. The number of rotatable bonds is 5. The smallest absolute Gasteiger partial charge is 0.242 e. The monoisotopic (exact) mass is 438 g/mol. The standard InChI is InChI=1S/C12H12Br2N2O2S2/c13-9-3-4-19-11(9)7-16-20(17,18)12-2-1-8(6-15)5-10(12)14/h1-5,16H,6-7,15H2. The molecule has 0 aliphatic carbocycles. The molecule has 0 amide bonds. The summed E-state index contributed by atoms with van der Waals surface area (Å²) in [4.78, 5) is 1.14. The van der Waals surface area contributed by atoms with Crippen LogP contribution in [0.1, 0.15) is 10.4 Å². The Labute approximate surface area is 138 Å².